The van der Waals surface area contributed by atoms with E-state index < -0.39 is 169 Å². The van der Waals surface area contributed by atoms with E-state index >= 15 is 0 Å². The number of primary amides is 1. The summed E-state index contributed by atoms with van der Waals surface area (Å²) in [6, 6.07) is -12.6. The Morgan fingerprint density at radius 1 is 0.590 bits per heavy atom. The molecule has 9 amide bonds. The third kappa shape index (κ3) is 26.0. The van der Waals surface area contributed by atoms with Crippen LogP contribution in [0.4, 0.5) is 0 Å². The van der Waals surface area contributed by atoms with E-state index in [1.165, 1.54) is 23.6 Å². The molecule has 0 aromatic heterocycles. The molecule has 1 rings (SSSR count). The van der Waals surface area contributed by atoms with E-state index in [0.717, 1.165) is 0 Å². The van der Waals surface area contributed by atoms with Crippen molar-refractivity contribution in [3.05, 3.63) is 0 Å². The number of thioether (sulfide) groups is 1. The Morgan fingerprint density at radius 2 is 1.00 bits per heavy atom. The van der Waals surface area contributed by atoms with Crippen molar-refractivity contribution in [3.63, 3.8) is 0 Å². The molecule has 0 radical (unpaired) electrons. The normalized spacial score (nSPS) is 16.3. The number of amides is 9. The summed E-state index contributed by atoms with van der Waals surface area (Å²) in [6.07, 6.45) is -0.667. The summed E-state index contributed by atoms with van der Waals surface area (Å²) in [5, 5.41) is 66.2. The first-order valence-electron chi connectivity index (χ1n) is 25.4. The van der Waals surface area contributed by atoms with Gasteiger partial charge in [-0.05, 0) is 89.1 Å². The van der Waals surface area contributed by atoms with Crippen LogP contribution in [-0.2, 0) is 57.5 Å². The van der Waals surface area contributed by atoms with Crippen molar-refractivity contribution in [2.75, 3.05) is 31.6 Å². The molecule has 0 aromatic carbocycles. The van der Waals surface area contributed by atoms with Crippen LogP contribution in [0, 0.1) is 16.7 Å². The van der Waals surface area contributed by atoms with Gasteiger partial charge in [-0.3, -0.25) is 63.6 Å². The molecule has 10 atom stereocenters. The minimum atomic E-state index is -1.69. The monoisotopic (exact) mass is 1130 g/mol. The van der Waals surface area contributed by atoms with E-state index in [0.29, 0.717) is 6.42 Å². The van der Waals surface area contributed by atoms with Crippen molar-refractivity contribution in [2.45, 2.75) is 165 Å². The fourth-order valence-electron chi connectivity index (χ4n) is 7.86. The van der Waals surface area contributed by atoms with E-state index in [9.17, 15) is 72.9 Å². The van der Waals surface area contributed by atoms with Gasteiger partial charge in [0.15, 0.2) is 11.9 Å². The van der Waals surface area contributed by atoms with Crippen LogP contribution in [0.2, 0.25) is 0 Å². The van der Waals surface area contributed by atoms with Crippen LogP contribution >= 0.6 is 11.8 Å². The Bertz CT molecular complexity index is 2140. The van der Waals surface area contributed by atoms with Gasteiger partial charge in [0.2, 0.25) is 53.2 Å². The molecular weight excluding hydrogens is 1050 g/mol. The molecule has 22 N–H and O–H groups in total. The van der Waals surface area contributed by atoms with Gasteiger partial charge in [-0.15, -0.1) is 0 Å². The van der Waals surface area contributed by atoms with Crippen LogP contribution < -0.4 is 70.8 Å². The van der Waals surface area contributed by atoms with E-state index in [-0.39, 0.29) is 82.7 Å². The van der Waals surface area contributed by atoms with Crippen molar-refractivity contribution in [1.82, 2.24) is 52.8 Å². The molecule has 32 heteroatoms. The minimum absolute atomic E-state index is 0.0419. The first-order chi connectivity index (χ1) is 36.6. The summed E-state index contributed by atoms with van der Waals surface area (Å²) >= 11 is 1.29. The topological polar surface area (TPSA) is 529 Å². The number of nitrogens with two attached hydrogens (primary N) is 4. The molecule has 31 nitrogen and oxygen atoms in total. The molecule has 0 bridgehead atoms. The molecule has 78 heavy (non-hydrogen) atoms. The summed E-state index contributed by atoms with van der Waals surface area (Å²) in [4.78, 5) is 159. The number of hydrogen-bond donors (Lipinski definition) is 18. The average molecular weight is 1130 g/mol. The van der Waals surface area contributed by atoms with E-state index in [4.69, 9.17) is 33.8 Å². The lowest BCUT2D eigenvalue weighted by Crippen LogP contribution is -2.61. The number of carboxylic acid groups (broad SMARTS) is 3. The van der Waals surface area contributed by atoms with E-state index in [1.807, 2.05) is 0 Å². The summed E-state index contributed by atoms with van der Waals surface area (Å²) in [5.41, 5.74) is 21.7. The Labute approximate surface area is 455 Å². The number of guanidine groups is 2. The second-order valence-electron chi connectivity index (χ2n) is 18.7. The number of nitrogens with one attached hydrogen (secondary N) is 11. The van der Waals surface area contributed by atoms with Crippen LogP contribution in [-0.4, -0.2) is 189 Å². The van der Waals surface area contributed by atoms with Gasteiger partial charge in [-0.2, -0.15) is 11.8 Å². The highest BCUT2D eigenvalue weighted by atomic mass is 32.2. The lowest BCUT2D eigenvalue weighted by atomic mass is 9.96. The third-order valence-electron chi connectivity index (χ3n) is 12.4. The fraction of sp³-hybridized carbons (Fsp3) is 0.696. The number of aliphatic carboxylic acids is 3. The van der Waals surface area contributed by atoms with Gasteiger partial charge in [0.25, 0.3) is 0 Å². The van der Waals surface area contributed by atoms with Crippen LogP contribution in [0.1, 0.15) is 111 Å². The zero-order valence-electron chi connectivity index (χ0n) is 44.4. The number of carbonyl (C=O) groups is 12. The van der Waals surface area contributed by atoms with Crippen molar-refractivity contribution in [3.8, 4) is 0 Å². The van der Waals surface area contributed by atoms with Crippen LogP contribution in [0.25, 0.3) is 0 Å². The molecule has 1 saturated heterocycles. The smallest absolute Gasteiger partial charge is 0.326 e. The summed E-state index contributed by atoms with van der Waals surface area (Å²) in [7, 11) is 0. The molecule has 1 aliphatic heterocycles. The molecule has 0 aromatic rings. The molecule has 0 saturated carbocycles. The van der Waals surface area contributed by atoms with Gasteiger partial charge in [-0.1, -0.05) is 20.3 Å². The lowest BCUT2D eigenvalue weighted by Gasteiger charge is -2.30. The van der Waals surface area contributed by atoms with Crippen molar-refractivity contribution in [1.29, 1.82) is 10.8 Å². The van der Waals surface area contributed by atoms with Crippen molar-refractivity contribution < 1.29 is 72.9 Å². The molecule has 1 heterocycles. The fourth-order valence-corrected chi connectivity index (χ4v) is 8.33. The minimum Gasteiger partial charge on any atom is -0.481 e. The zero-order chi connectivity index (χ0) is 59.2. The highest BCUT2D eigenvalue weighted by molar-refractivity contribution is 7.98. The predicted octanol–water partition coefficient (Wildman–Crippen LogP) is -4.88. The standard InChI is InChI=1S/C46H80N16O15S/c1-5-23(2)35(61-40(72)28(14-17-34(66)67)57-38(70)27(13-16-33(64)65)58-41(73)31-11-8-21-62(31)43(75)24(3)47)42(74)59-29(18-22-78-4)39(71)56-25(9-6-19-53-45(49)50)36(68)55-26(10-7-20-54-46(51)52)37(69)60-30(44(76)77)12-15-32(48)63/h23-31,35H,5-22,47H2,1-4H3,(H2,48,63)(H,55,68)(H,56,71)(H,57,70)(H,58,73)(H,59,74)(H,60,69)(H,61,72)(H,64,65)(H,66,67)(H,76,77)(H4,49,50,53)(H4,51,52,54)/t23-,24-,25-,26-,27-,28-,29-,30-,31-,35-/m0/s1. The van der Waals surface area contributed by atoms with Gasteiger partial charge in [-0.25, -0.2) is 4.79 Å². The first-order valence-corrected chi connectivity index (χ1v) is 26.8. The quantitative estimate of drug-likeness (QED) is 0.0157. The highest BCUT2D eigenvalue weighted by Gasteiger charge is 2.39. The van der Waals surface area contributed by atoms with Crippen LogP contribution in [0.5, 0.6) is 0 Å². The molecule has 440 valence electrons. The second-order valence-corrected chi connectivity index (χ2v) is 19.7. The number of hydrogen-bond acceptors (Lipinski definition) is 16. The van der Waals surface area contributed by atoms with Crippen LogP contribution in [0.15, 0.2) is 0 Å². The van der Waals surface area contributed by atoms with Crippen molar-refractivity contribution >= 4 is 94.8 Å². The first kappa shape index (κ1) is 68.5. The Hall–Kier alpha value is -7.51. The third-order valence-corrected chi connectivity index (χ3v) is 13.0. The maximum atomic E-state index is 14.3. The Balaban J connectivity index is 3.58. The number of likely N-dealkylation sites (tertiary alicyclic amines) is 1. The molecular formula is C46H80N16O15S. The summed E-state index contributed by atoms with van der Waals surface area (Å²) in [6.45, 7) is 4.99. The largest absolute Gasteiger partial charge is 0.481 e. The number of carbonyl (C=O) groups excluding carboxylic acids is 9. The lowest BCUT2D eigenvalue weighted by molar-refractivity contribution is -0.143. The SMILES string of the molecule is CC[C@H](C)[C@H](NC(=O)[C@H](CCC(=O)O)NC(=O)[C@H](CCC(=O)O)NC(=O)[C@@H]1CCCN1C(=O)[C@H](C)N)C(=O)N[C@@H](CCSC)C(=O)N[C@@H](CCCNC(=N)N)C(=O)N[C@@H](CCCNC(=N)N)C(=O)N[C@@H](CCC(N)=O)C(=O)O. The van der Waals surface area contributed by atoms with Gasteiger partial charge in [0, 0.05) is 38.9 Å². The molecule has 0 spiro atoms. The predicted molar refractivity (Wildman–Crippen MR) is 282 cm³/mol. The van der Waals surface area contributed by atoms with Crippen molar-refractivity contribution in [2.24, 2.45) is 28.9 Å². The number of nitrogens with zero attached hydrogens (tertiary/aromatic N) is 1. The highest BCUT2D eigenvalue weighted by Crippen LogP contribution is 2.19. The Morgan fingerprint density at radius 3 is 1.41 bits per heavy atom. The van der Waals surface area contributed by atoms with Gasteiger partial charge in [0.1, 0.15) is 48.3 Å². The van der Waals surface area contributed by atoms with Gasteiger partial charge < -0.3 is 91.0 Å². The molecule has 1 aliphatic rings. The second kappa shape index (κ2) is 35.7. The molecule has 0 unspecified atom stereocenters. The van der Waals surface area contributed by atoms with E-state index in [2.05, 4.69) is 47.9 Å². The van der Waals surface area contributed by atoms with E-state index in [1.54, 1.807) is 20.1 Å². The maximum Gasteiger partial charge on any atom is 0.326 e. The zero-order valence-corrected chi connectivity index (χ0v) is 45.2. The van der Waals surface area contributed by atoms with Gasteiger partial charge in [0.05, 0.1) is 6.04 Å². The van der Waals surface area contributed by atoms with Crippen LogP contribution in [0.3, 0.4) is 0 Å². The summed E-state index contributed by atoms with van der Waals surface area (Å²) < 4.78 is 0. The summed E-state index contributed by atoms with van der Waals surface area (Å²) in [5.74, 6) is -13.4. The molecule has 0 aliphatic carbocycles. The van der Waals surface area contributed by atoms with Gasteiger partial charge >= 0.3 is 17.9 Å². The number of rotatable bonds is 38. The average Bonchev–Trinajstić information content (AvgIpc) is 3.86. The number of carboxylic acids is 3. The maximum absolute atomic E-state index is 14.3. The molecule has 1 fully saturated rings. The Kier molecular flexibility index (Phi) is 31.4.